The molecular weight excluding hydrogens is 180 g/mol. The largest absolute Gasteiger partial charge is 0.481 e. The molecule has 0 aliphatic rings. The molecule has 0 spiro atoms. The molecule has 0 saturated carbocycles. The van der Waals surface area contributed by atoms with Crippen LogP contribution in [0.3, 0.4) is 0 Å². The van der Waals surface area contributed by atoms with E-state index in [1.54, 1.807) is 18.3 Å². The highest BCUT2D eigenvalue weighted by Crippen LogP contribution is 2.19. The Morgan fingerprint density at radius 1 is 1.64 bits per heavy atom. The Morgan fingerprint density at radius 2 is 2.36 bits per heavy atom. The molecule has 0 aliphatic carbocycles. The first-order chi connectivity index (χ1) is 6.69. The summed E-state index contributed by atoms with van der Waals surface area (Å²) in [7, 11) is 1.54. The van der Waals surface area contributed by atoms with Crippen molar-refractivity contribution in [3.8, 4) is 5.88 Å². The van der Waals surface area contributed by atoms with Crippen LogP contribution in [0.25, 0.3) is 0 Å². The van der Waals surface area contributed by atoms with Crippen molar-refractivity contribution in [2.45, 2.75) is 25.5 Å². The van der Waals surface area contributed by atoms with Gasteiger partial charge in [0.05, 0.1) is 13.2 Å². The molecule has 0 saturated heterocycles. The smallest absolute Gasteiger partial charge is 0.213 e. The lowest BCUT2D eigenvalue weighted by molar-refractivity contribution is 0.144. The highest BCUT2D eigenvalue weighted by atomic mass is 16.5. The summed E-state index contributed by atoms with van der Waals surface area (Å²) in [4.78, 5) is 3.95. The highest BCUT2D eigenvalue weighted by molar-refractivity contribution is 5.23. The maximum Gasteiger partial charge on any atom is 0.213 e. The predicted molar refractivity (Wildman–Crippen MR) is 54.0 cm³/mol. The fourth-order valence-electron chi connectivity index (χ4n) is 1.19. The van der Waals surface area contributed by atoms with Gasteiger partial charge in [0.2, 0.25) is 5.88 Å². The number of methoxy groups -OCH3 is 1. The van der Waals surface area contributed by atoms with Gasteiger partial charge in [-0.05, 0) is 18.1 Å². The molecule has 1 aromatic rings. The highest BCUT2D eigenvalue weighted by Gasteiger charge is 2.15. The van der Waals surface area contributed by atoms with Crippen molar-refractivity contribution >= 4 is 0 Å². The van der Waals surface area contributed by atoms with Crippen LogP contribution in [0.15, 0.2) is 18.3 Å². The van der Waals surface area contributed by atoms with E-state index in [0.29, 0.717) is 5.88 Å². The molecule has 2 atom stereocenters. The van der Waals surface area contributed by atoms with Gasteiger partial charge in [-0.3, -0.25) is 0 Å². The quantitative estimate of drug-likeness (QED) is 0.749. The summed E-state index contributed by atoms with van der Waals surface area (Å²) in [5.41, 5.74) is 6.47. The Morgan fingerprint density at radius 3 is 2.93 bits per heavy atom. The van der Waals surface area contributed by atoms with Crippen molar-refractivity contribution in [3.05, 3.63) is 23.9 Å². The number of nitrogens with two attached hydrogens (primary N) is 1. The minimum Gasteiger partial charge on any atom is -0.481 e. The van der Waals surface area contributed by atoms with Crippen LogP contribution in [0, 0.1) is 0 Å². The standard InChI is InChI=1S/C10H16N2O2/c1-3-8(11)10(13)7-4-5-12-9(6-7)14-2/h4-6,8,10,13H,3,11H2,1-2H3. The van der Waals surface area contributed by atoms with Crippen LogP contribution in [-0.2, 0) is 0 Å². The van der Waals surface area contributed by atoms with Crippen molar-refractivity contribution in [1.82, 2.24) is 4.98 Å². The fraction of sp³-hybridized carbons (Fsp3) is 0.500. The fourth-order valence-corrected chi connectivity index (χ4v) is 1.19. The summed E-state index contributed by atoms with van der Waals surface area (Å²) in [5.74, 6) is 0.491. The summed E-state index contributed by atoms with van der Waals surface area (Å²) >= 11 is 0. The zero-order valence-corrected chi connectivity index (χ0v) is 8.47. The van der Waals surface area contributed by atoms with Gasteiger partial charge < -0.3 is 15.6 Å². The van der Waals surface area contributed by atoms with E-state index in [4.69, 9.17) is 10.5 Å². The molecule has 14 heavy (non-hydrogen) atoms. The second-order valence-corrected chi connectivity index (χ2v) is 3.15. The number of nitrogens with zero attached hydrogens (tertiary/aromatic N) is 1. The normalized spacial score (nSPS) is 14.9. The molecule has 0 fully saturated rings. The average Bonchev–Trinajstić information content (AvgIpc) is 2.27. The Kier molecular flexibility index (Phi) is 3.85. The molecule has 0 bridgehead atoms. The first-order valence-electron chi connectivity index (χ1n) is 4.62. The van der Waals surface area contributed by atoms with Crippen LogP contribution in [0.5, 0.6) is 5.88 Å². The van der Waals surface area contributed by atoms with Gasteiger partial charge in [0.1, 0.15) is 0 Å². The molecule has 4 heteroatoms. The number of aromatic nitrogens is 1. The second kappa shape index (κ2) is 4.93. The zero-order valence-electron chi connectivity index (χ0n) is 8.47. The molecule has 2 unspecified atom stereocenters. The Balaban J connectivity index is 2.83. The molecule has 3 N–H and O–H groups in total. The molecule has 1 aromatic heterocycles. The number of pyridine rings is 1. The van der Waals surface area contributed by atoms with Crippen molar-refractivity contribution in [1.29, 1.82) is 0 Å². The molecule has 0 amide bonds. The topological polar surface area (TPSA) is 68.4 Å². The molecule has 1 heterocycles. The SMILES string of the molecule is CCC(N)C(O)c1ccnc(OC)c1. The van der Waals surface area contributed by atoms with Gasteiger partial charge in [-0.15, -0.1) is 0 Å². The minimum atomic E-state index is -0.656. The minimum absolute atomic E-state index is 0.248. The van der Waals surface area contributed by atoms with Crippen molar-refractivity contribution < 1.29 is 9.84 Å². The van der Waals surface area contributed by atoms with E-state index in [1.807, 2.05) is 6.92 Å². The summed E-state index contributed by atoms with van der Waals surface area (Å²) in [5, 5.41) is 9.80. The average molecular weight is 196 g/mol. The van der Waals surface area contributed by atoms with E-state index >= 15 is 0 Å². The summed E-state index contributed by atoms with van der Waals surface area (Å²) < 4.78 is 4.96. The number of rotatable bonds is 4. The van der Waals surface area contributed by atoms with Gasteiger partial charge in [0.15, 0.2) is 0 Å². The third kappa shape index (κ3) is 2.43. The van der Waals surface area contributed by atoms with Gasteiger partial charge in [-0.2, -0.15) is 0 Å². The van der Waals surface area contributed by atoms with E-state index in [-0.39, 0.29) is 6.04 Å². The zero-order chi connectivity index (χ0) is 10.6. The van der Waals surface area contributed by atoms with Crippen LogP contribution in [0.4, 0.5) is 0 Å². The van der Waals surface area contributed by atoms with Crippen LogP contribution in [0.1, 0.15) is 25.0 Å². The first-order valence-corrected chi connectivity index (χ1v) is 4.62. The number of aliphatic hydroxyl groups excluding tert-OH is 1. The van der Waals surface area contributed by atoms with Gasteiger partial charge in [0.25, 0.3) is 0 Å². The van der Waals surface area contributed by atoms with Crippen LogP contribution >= 0.6 is 0 Å². The summed E-state index contributed by atoms with van der Waals surface area (Å²) in [6.07, 6.45) is 1.67. The lowest BCUT2D eigenvalue weighted by Crippen LogP contribution is -2.27. The number of ether oxygens (including phenoxy) is 1. The molecule has 0 aromatic carbocycles. The van der Waals surface area contributed by atoms with Crippen molar-refractivity contribution in [2.24, 2.45) is 5.73 Å². The molecule has 4 nitrogen and oxygen atoms in total. The van der Waals surface area contributed by atoms with E-state index in [0.717, 1.165) is 12.0 Å². The predicted octanol–water partition coefficient (Wildman–Crippen LogP) is 0.861. The number of hydrogen-bond donors (Lipinski definition) is 2. The monoisotopic (exact) mass is 196 g/mol. The van der Waals surface area contributed by atoms with Crippen molar-refractivity contribution in [3.63, 3.8) is 0 Å². The summed E-state index contributed by atoms with van der Waals surface area (Å²) in [6, 6.07) is 3.19. The van der Waals surface area contributed by atoms with Gasteiger partial charge in [0, 0.05) is 18.3 Å². The maximum absolute atomic E-state index is 9.80. The third-order valence-corrected chi connectivity index (χ3v) is 2.19. The van der Waals surface area contributed by atoms with E-state index in [1.165, 1.54) is 7.11 Å². The third-order valence-electron chi connectivity index (χ3n) is 2.19. The lowest BCUT2D eigenvalue weighted by Gasteiger charge is -2.17. The number of aliphatic hydroxyl groups is 1. The molecule has 78 valence electrons. The Bertz CT molecular complexity index is 291. The molecule has 0 aliphatic heterocycles. The maximum atomic E-state index is 9.80. The molecular formula is C10H16N2O2. The van der Waals surface area contributed by atoms with Crippen LogP contribution in [0.2, 0.25) is 0 Å². The van der Waals surface area contributed by atoms with Gasteiger partial charge in [-0.25, -0.2) is 4.98 Å². The van der Waals surface area contributed by atoms with Crippen LogP contribution < -0.4 is 10.5 Å². The Hall–Kier alpha value is -1.13. The van der Waals surface area contributed by atoms with Gasteiger partial charge >= 0.3 is 0 Å². The molecule has 0 radical (unpaired) electrons. The molecule has 1 rings (SSSR count). The van der Waals surface area contributed by atoms with E-state index < -0.39 is 6.10 Å². The summed E-state index contributed by atoms with van der Waals surface area (Å²) in [6.45, 7) is 1.94. The second-order valence-electron chi connectivity index (χ2n) is 3.15. The van der Waals surface area contributed by atoms with Crippen molar-refractivity contribution in [2.75, 3.05) is 7.11 Å². The Labute approximate surface area is 83.7 Å². The van der Waals surface area contributed by atoms with Crippen LogP contribution in [-0.4, -0.2) is 23.2 Å². The van der Waals surface area contributed by atoms with E-state index in [2.05, 4.69) is 4.98 Å². The number of hydrogen-bond acceptors (Lipinski definition) is 4. The van der Waals surface area contributed by atoms with Gasteiger partial charge in [-0.1, -0.05) is 6.92 Å². The first kappa shape index (κ1) is 10.9. The lowest BCUT2D eigenvalue weighted by atomic mass is 10.0. The van der Waals surface area contributed by atoms with E-state index in [9.17, 15) is 5.11 Å².